The summed E-state index contributed by atoms with van der Waals surface area (Å²) in [6.45, 7) is 2.49. The smallest absolute Gasteiger partial charge is 0.264 e. The zero-order chi connectivity index (χ0) is 13.4. The van der Waals surface area contributed by atoms with Crippen molar-refractivity contribution in [1.29, 1.82) is 0 Å². The van der Waals surface area contributed by atoms with Gasteiger partial charge in [-0.3, -0.25) is 9.36 Å². The summed E-state index contributed by atoms with van der Waals surface area (Å²) in [5, 5.41) is 5.34. The molecule has 2 heterocycles. The summed E-state index contributed by atoms with van der Waals surface area (Å²) in [6, 6.07) is 7.26. The summed E-state index contributed by atoms with van der Waals surface area (Å²) in [6.07, 6.45) is 3.07. The maximum atomic E-state index is 12.1. The predicted octanol–water partition coefficient (Wildman–Crippen LogP) is 2.26. The van der Waals surface area contributed by atoms with Crippen LogP contribution in [0, 0.1) is 0 Å². The van der Waals surface area contributed by atoms with Gasteiger partial charge in [0.15, 0.2) is 5.65 Å². The molecule has 0 aliphatic heterocycles. The Balaban J connectivity index is 2.27. The molecule has 6 heteroatoms. The van der Waals surface area contributed by atoms with Gasteiger partial charge in [-0.2, -0.15) is 5.10 Å². The van der Waals surface area contributed by atoms with Gasteiger partial charge >= 0.3 is 0 Å². The molecule has 0 fully saturated rings. The lowest BCUT2D eigenvalue weighted by Crippen LogP contribution is -2.19. The summed E-state index contributed by atoms with van der Waals surface area (Å²) < 4.78 is 3.16. The van der Waals surface area contributed by atoms with Gasteiger partial charge in [0.2, 0.25) is 0 Å². The largest absolute Gasteiger partial charge is 0.299 e. The molecule has 0 radical (unpaired) electrons. The predicted molar refractivity (Wildman–Crippen MR) is 73.8 cm³/mol. The molecule has 0 spiro atoms. The Morgan fingerprint density at radius 2 is 2.21 bits per heavy atom. The fourth-order valence-corrected chi connectivity index (χ4v) is 2.16. The molecule has 0 saturated carbocycles. The third kappa shape index (κ3) is 1.92. The quantitative estimate of drug-likeness (QED) is 0.720. The Labute approximate surface area is 114 Å². The van der Waals surface area contributed by atoms with Crippen LogP contribution in [0.2, 0.25) is 5.02 Å². The van der Waals surface area contributed by atoms with Gasteiger partial charge in [0.25, 0.3) is 5.56 Å². The zero-order valence-corrected chi connectivity index (χ0v) is 11.0. The summed E-state index contributed by atoms with van der Waals surface area (Å²) >= 11 is 5.96. The molecular weight excluding hydrogens is 264 g/mol. The van der Waals surface area contributed by atoms with Crippen LogP contribution in [0.1, 0.15) is 6.92 Å². The third-order valence-corrected chi connectivity index (χ3v) is 3.18. The van der Waals surface area contributed by atoms with E-state index in [4.69, 9.17) is 11.6 Å². The van der Waals surface area contributed by atoms with Crippen LogP contribution in [0.3, 0.4) is 0 Å². The Morgan fingerprint density at radius 1 is 1.37 bits per heavy atom. The van der Waals surface area contributed by atoms with Crippen LogP contribution in [0.5, 0.6) is 0 Å². The fourth-order valence-electron chi connectivity index (χ4n) is 1.97. The highest BCUT2D eigenvalue weighted by molar-refractivity contribution is 6.30. The maximum absolute atomic E-state index is 12.1. The van der Waals surface area contributed by atoms with E-state index in [2.05, 4.69) is 10.1 Å². The van der Waals surface area contributed by atoms with Gasteiger partial charge in [-0.1, -0.05) is 17.7 Å². The Bertz CT molecular complexity index is 806. The number of fused-ring (bicyclic) bond motifs is 1. The average Bonchev–Trinajstić information content (AvgIpc) is 2.84. The molecule has 19 heavy (non-hydrogen) atoms. The van der Waals surface area contributed by atoms with Crippen LogP contribution in [0.15, 0.2) is 41.6 Å². The van der Waals surface area contributed by atoms with Crippen LogP contribution >= 0.6 is 11.6 Å². The van der Waals surface area contributed by atoms with E-state index in [-0.39, 0.29) is 5.56 Å². The van der Waals surface area contributed by atoms with Crippen molar-refractivity contribution in [3.8, 4) is 5.69 Å². The van der Waals surface area contributed by atoms with Gasteiger partial charge in [-0.15, -0.1) is 0 Å². The highest BCUT2D eigenvalue weighted by atomic mass is 35.5. The minimum atomic E-state index is -0.0826. The average molecular weight is 275 g/mol. The van der Waals surface area contributed by atoms with E-state index in [0.717, 1.165) is 5.69 Å². The van der Waals surface area contributed by atoms with E-state index >= 15 is 0 Å². The highest BCUT2D eigenvalue weighted by Crippen LogP contribution is 2.17. The second kappa shape index (κ2) is 4.51. The van der Waals surface area contributed by atoms with E-state index in [0.29, 0.717) is 22.6 Å². The lowest BCUT2D eigenvalue weighted by atomic mass is 10.3. The van der Waals surface area contributed by atoms with E-state index < -0.39 is 0 Å². The third-order valence-electron chi connectivity index (χ3n) is 2.95. The number of aryl methyl sites for hydroxylation is 1. The van der Waals surface area contributed by atoms with Crippen molar-refractivity contribution in [3.05, 3.63) is 52.2 Å². The zero-order valence-electron chi connectivity index (χ0n) is 10.2. The standard InChI is InChI=1S/C13H11ClN4O/c1-2-17-8-15-12-11(13(17)19)7-16-18(12)10-5-3-4-9(14)6-10/h3-8H,2H2,1H3. The van der Waals surface area contributed by atoms with Gasteiger partial charge in [0.1, 0.15) is 5.39 Å². The van der Waals surface area contributed by atoms with Crippen molar-refractivity contribution < 1.29 is 0 Å². The minimum Gasteiger partial charge on any atom is -0.299 e. The van der Waals surface area contributed by atoms with Crippen molar-refractivity contribution >= 4 is 22.6 Å². The van der Waals surface area contributed by atoms with Gasteiger partial charge in [-0.05, 0) is 25.1 Å². The topological polar surface area (TPSA) is 52.7 Å². The first kappa shape index (κ1) is 11.9. The summed E-state index contributed by atoms with van der Waals surface area (Å²) in [7, 11) is 0. The SMILES string of the molecule is CCn1cnc2c(cnn2-c2cccc(Cl)c2)c1=O. The van der Waals surface area contributed by atoms with Crippen LogP contribution in [-0.2, 0) is 6.54 Å². The second-order valence-electron chi connectivity index (χ2n) is 4.11. The van der Waals surface area contributed by atoms with E-state index in [9.17, 15) is 4.79 Å². The lowest BCUT2D eigenvalue weighted by Gasteiger charge is -2.04. The first-order valence-electron chi connectivity index (χ1n) is 5.90. The molecule has 0 aliphatic rings. The molecule has 3 aromatic rings. The molecule has 96 valence electrons. The molecule has 0 unspecified atom stereocenters. The number of benzene rings is 1. The second-order valence-corrected chi connectivity index (χ2v) is 4.55. The van der Waals surface area contributed by atoms with Crippen LogP contribution in [0.4, 0.5) is 0 Å². The number of hydrogen-bond acceptors (Lipinski definition) is 3. The number of aromatic nitrogens is 4. The maximum Gasteiger partial charge on any atom is 0.264 e. The van der Waals surface area contributed by atoms with Crippen molar-refractivity contribution in [1.82, 2.24) is 19.3 Å². The normalized spacial score (nSPS) is 11.1. The Morgan fingerprint density at radius 3 is 2.95 bits per heavy atom. The van der Waals surface area contributed by atoms with Gasteiger partial charge in [0, 0.05) is 11.6 Å². The van der Waals surface area contributed by atoms with Crippen LogP contribution in [-0.4, -0.2) is 19.3 Å². The Hall–Kier alpha value is -2.14. The van der Waals surface area contributed by atoms with Crippen LogP contribution < -0.4 is 5.56 Å². The highest BCUT2D eigenvalue weighted by Gasteiger charge is 2.10. The van der Waals surface area contributed by atoms with E-state index in [1.807, 2.05) is 19.1 Å². The molecular formula is C13H11ClN4O. The number of rotatable bonds is 2. The lowest BCUT2D eigenvalue weighted by molar-refractivity contribution is 0.715. The molecule has 0 atom stereocenters. The van der Waals surface area contributed by atoms with Gasteiger partial charge < -0.3 is 0 Å². The first-order chi connectivity index (χ1) is 9.20. The molecule has 0 aliphatic carbocycles. The molecule has 0 amide bonds. The molecule has 0 saturated heterocycles. The molecule has 0 N–H and O–H groups in total. The number of hydrogen-bond donors (Lipinski definition) is 0. The summed E-state index contributed by atoms with van der Waals surface area (Å²) in [5.41, 5.74) is 1.24. The summed E-state index contributed by atoms with van der Waals surface area (Å²) in [5.74, 6) is 0. The van der Waals surface area contributed by atoms with Gasteiger partial charge in [0.05, 0.1) is 18.2 Å². The summed E-state index contributed by atoms with van der Waals surface area (Å²) in [4.78, 5) is 16.4. The van der Waals surface area contributed by atoms with Crippen molar-refractivity contribution in [2.75, 3.05) is 0 Å². The number of nitrogens with zero attached hydrogens (tertiary/aromatic N) is 4. The monoisotopic (exact) mass is 274 g/mol. The minimum absolute atomic E-state index is 0.0826. The molecule has 1 aromatic carbocycles. The van der Waals surface area contributed by atoms with Crippen molar-refractivity contribution in [2.45, 2.75) is 13.5 Å². The van der Waals surface area contributed by atoms with Crippen LogP contribution in [0.25, 0.3) is 16.7 Å². The Kier molecular flexibility index (Phi) is 2.83. The fraction of sp³-hybridized carbons (Fsp3) is 0.154. The molecule has 5 nitrogen and oxygen atoms in total. The van der Waals surface area contributed by atoms with Crippen molar-refractivity contribution in [3.63, 3.8) is 0 Å². The van der Waals surface area contributed by atoms with Gasteiger partial charge in [-0.25, -0.2) is 9.67 Å². The van der Waals surface area contributed by atoms with E-state index in [1.54, 1.807) is 21.4 Å². The molecule has 3 rings (SSSR count). The molecule has 2 aromatic heterocycles. The molecule has 0 bridgehead atoms. The first-order valence-corrected chi connectivity index (χ1v) is 6.27. The van der Waals surface area contributed by atoms with E-state index in [1.165, 1.54) is 12.5 Å². The number of halogens is 1. The van der Waals surface area contributed by atoms with Crippen molar-refractivity contribution in [2.24, 2.45) is 0 Å².